The van der Waals surface area contributed by atoms with Gasteiger partial charge in [0, 0.05) is 65.7 Å². The molecule has 0 atom stereocenters. The first kappa shape index (κ1) is 17.4. The molecule has 0 aliphatic carbocycles. The van der Waals surface area contributed by atoms with Crippen molar-refractivity contribution < 1.29 is 4.79 Å². The molecule has 5 rings (SSSR count). The molecule has 7 heteroatoms. The molecular weight excluding hydrogens is 366 g/mol. The predicted molar refractivity (Wildman–Crippen MR) is 109 cm³/mol. The lowest BCUT2D eigenvalue weighted by Crippen LogP contribution is -2.52. The lowest BCUT2D eigenvalue weighted by Gasteiger charge is -2.39. The summed E-state index contributed by atoms with van der Waals surface area (Å²) in [4.78, 5) is 34.0. The minimum Gasteiger partial charge on any atom is -0.361 e. The number of rotatable bonds is 4. The number of pyridine rings is 1. The topological polar surface area (TPSA) is 83.9 Å². The van der Waals surface area contributed by atoms with Gasteiger partial charge in [-0.1, -0.05) is 0 Å². The van der Waals surface area contributed by atoms with E-state index in [1.807, 2.05) is 47.5 Å². The van der Waals surface area contributed by atoms with Gasteiger partial charge in [-0.2, -0.15) is 5.10 Å². The molecule has 0 radical (unpaired) electrons. The fraction of sp³-hybridized carbons (Fsp3) is 0.182. The maximum absolute atomic E-state index is 12.7. The summed E-state index contributed by atoms with van der Waals surface area (Å²) >= 11 is 0. The van der Waals surface area contributed by atoms with E-state index in [9.17, 15) is 9.59 Å². The molecule has 0 unspecified atom stereocenters. The molecule has 0 spiro atoms. The van der Waals surface area contributed by atoms with Crippen molar-refractivity contribution in [3.63, 3.8) is 0 Å². The number of nitrogens with zero attached hydrogens (tertiary/aromatic N) is 4. The Morgan fingerprint density at radius 2 is 2.03 bits per heavy atom. The van der Waals surface area contributed by atoms with E-state index < -0.39 is 0 Å². The standard InChI is InChI=1S/C22H19N5O2/c28-21-6-5-20(18-2-1-8-23-11-18)25-27(21)14-15-12-26(13-15)22(29)17-3-4-19-16(10-17)7-9-24-19/h1-11,15,24H,12-14H2. The number of carbonyl (C=O) groups is 1. The van der Waals surface area contributed by atoms with E-state index in [1.165, 1.54) is 10.7 Å². The van der Waals surface area contributed by atoms with Crippen LogP contribution in [0.25, 0.3) is 22.2 Å². The molecule has 1 aromatic carbocycles. The number of amides is 1. The fourth-order valence-corrected chi connectivity index (χ4v) is 3.71. The Morgan fingerprint density at radius 3 is 2.86 bits per heavy atom. The second kappa shape index (κ2) is 7.01. The molecular formula is C22H19N5O2. The van der Waals surface area contributed by atoms with Gasteiger partial charge in [-0.3, -0.25) is 14.6 Å². The molecule has 1 N–H and O–H groups in total. The van der Waals surface area contributed by atoms with Crippen LogP contribution in [0.15, 0.2) is 71.9 Å². The zero-order valence-corrected chi connectivity index (χ0v) is 15.7. The third-order valence-electron chi connectivity index (χ3n) is 5.30. The van der Waals surface area contributed by atoms with Gasteiger partial charge in [0.2, 0.25) is 0 Å². The van der Waals surface area contributed by atoms with Gasteiger partial charge >= 0.3 is 0 Å². The number of aromatic amines is 1. The van der Waals surface area contributed by atoms with Crippen LogP contribution in [-0.4, -0.2) is 43.6 Å². The summed E-state index contributed by atoms with van der Waals surface area (Å²) in [6.07, 6.45) is 5.29. The highest BCUT2D eigenvalue weighted by atomic mass is 16.2. The van der Waals surface area contributed by atoms with Crippen LogP contribution < -0.4 is 5.56 Å². The minimum atomic E-state index is -0.139. The maximum atomic E-state index is 12.7. The first-order valence-electron chi connectivity index (χ1n) is 9.52. The van der Waals surface area contributed by atoms with E-state index in [4.69, 9.17) is 0 Å². The van der Waals surface area contributed by atoms with Crippen LogP contribution in [0.2, 0.25) is 0 Å². The van der Waals surface area contributed by atoms with Crippen molar-refractivity contribution in [2.75, 3.05) is 13.1 Å². The van der Waals surface area contributed by atoms with Crippen LogP contribution in [0.1, 0.15) is 10.4 Å². The van der Waals surface area contributed by atoms with Crippen molar-refractivity contribution >= 4 is 16.8 Å². The monoisotopic (exact) mass is 385 g/mol. The van der Waals surface area contributed by atoms with E-state index in [1.54, 1.807) is 18.5 Å². The molecule has 1 amide bonds. The summed E-state index contributed by atoms with van der Waals surface area (Å²) in [5.74, 6) is 0.234. The van der Waals surface area contributed by atoms with Crippen molar-refractivity contribution in [3.05, 3.63) is 83.0 Å². The van der Waals surface area contributed by atoms with E-state index in [-0.39, 0.29) is 17.4 Å². The third-order valence-corrected chi connectivity index (χ3v) is 5.30. The molecule has 0 saturated carbocycles. The quantitative estimate of drug-likeness (QED) is 0.585. The average Bonchev–Trinajstić information content (AvgIpc) is 3.19. The molecule has 144 valence electrons. The van der Waals surface area contributed by atoms with Gasteiger partial charge in [0.05, 0.1) is 12.2 Å². The minimum absolute atomic E-state index is 0.0220. The summed E-state index contributed by atoms with van der Waals surface area (Å²) in [7, 11) is 0. The number of fused-ring (bicyclic) bond motifs is 1. The largest absolute Gasteiger partial charge is 0.361 e. The van der Waals surface area contributed by atoms with E-state index in [0.717, 1.165) is 16.5 Å². The number of nitrogens with one attached hydrogen (secondary N) is 1. The Bertz CT molecular complexity index is 1240. The molecule has 1 fully saturated rings. The van der Waals surface area contributed by atoms with Gasteiger partial charge < -0.3 is 9.88 Å². The summed E-state index contributed by atoms with van der Waals surface area (Å²) in [5, 5.41) is 5.50. The molecule has 4 aromatic rings. The predicted octanol–water partition coefficient (Wildman–Crippen LogP) is 2.56. The summed E-state index contributed by atoms with van der Waals surface area (Å²) in [6, 6.07) is 14.6. The molecule has 1 saturated heterocycles. The number of aromatic nitrogens is 4. The number of likely N-dealkylation sites (tertiary alicyclic amines) is 1. The van der Waals surface area contributed by atoms with E-state index in [2.05, 4.69) is 15.1 Å². The molecule has 0 bridgehead atoms. The third kappa shape index (κ3) is 3.31. The molecule has 1 aliphatic heterocycles. The number of hydrogen-bond donors (Lipinski definition) is 1. The van der Waals surface area contributed by atoms with Crippen molar-refractivity contribution in [1.29, 1.82) is 0 Å². The Labute approximate surface area is 166 Å². The van der Waals surface area contributed by atoms with E-state index >= 15 is 0 Å². The Balaban J connectivity index is 1.27. The smallest absolute Gasteiger partial charge is 0.266 e. The number of H-pyrrole nitrogens is 1. The fourth-order valence-electron chi connectivity index (χ4n) is 3.71. The van der Waals surface area contributed by atoms with Gasteiger partial charge in [-0.15, -0.1) is 0 Å². The van der Waals surface area contributed by atoms with Crippen LogP contribution in [0.3, 0.4) is 0 Å². The average molecular weight is 385 g/mol. The highest BCUT2D eigenvalue weighted by Gasteiger charge is 2.32. The van der Waals surface area contributed by atoms with Crippen LogP contribution in [0.5, 0.6) is 0 Å². The normalized spacial score (nSPS) is 14.1. The zero-order chi connectivity index (χ0) is 19.8. The summed E-state index contributed by atoms with van der Waals surface area (Å²) in [5.41, 5.74) is 3.14. The van der Waals surface area contributed by atoms with Gasteiger partial charge in [-0.05, 0) is 42.5 Å². The van der Waals surface area contributed by atoms with Crippen LogP contribution in [0.4, 0.5) is 0 Å². The Hall–Kier alpha value is -3.74. The number of benzene rings is 1. The van der Waals surface area contributed by atoms with Crippen molar-refractivity contribution in [2.45, 2.75) is 6.54 Å². The molecule has 7 nitrogen and oxygen atoms in total. The van der Waals surface area contributed by atoms with E-state index in [0.29, 0.717) is 30.9 Å². The summed E-state index contributed by atoms with van der Waals surface area (Å²) < 4.78 is 1.49. The van der Waals surface area contributed by atoms with Gasteiger partial charge in [0.25, 0.3) is 11.5 Å². The molecule has 1 aliphatic rings. The van der Waals surface area contributed by atoms with Gasteiger partial charge in [0.15, 0.2) is 0 Å². The van der Waals surface area contributed by atoms with Gasteiger partial charge in [0.1, 0.15) is 0 Å². The van der Waals surface area contributed by atoms with Crippen LogP contribution in [0, 0.1) is 5.92 Å². The second-order valence-corrected chi connectivity index (χ2v) is 7.34. The first-order chi connectivity index (χ1) is 14.2. The van der Waals surface area contributed by atoms with Crippen LogP contribution in [-0.2, 0) is 6.54 Å². The first-order valence-corrected chi connectivity index (χ1v) is 9.52. The van der Waals surface area contributed by atoms with Crippen molar-refractivity contribution in [1.82, 2.24) is 24.6 Å². The SMILES string of the molecule is O=C(c1ccc2[nH]ccc2c1)N1CC(Cn2nc(-c3cccnc3)ccc2=O)C1. The van der Waals surface area contributed by atoms with Crippen LogP contribution >= 0.6 is 0 Å². The number of carbonyl (C=O) groups excluding carboxylic acids is 1. The highest BCUT2D eigenvalue weighted by molar-refractivity contribution is 5.98. The lowest BCUT2D eigenvalue weighted by atomic mass is 9.98. The Kier molecular flexibility index (Phi) is 4.20. The zero-order valence-electron chi connectivity index (χ0n) is 15.7. The molecule has 29 heavy (non-hydrogen) atoms. The lowest BCUT2D eigenvalue weighted by molar-refractivity contribution is 0.0459. The van der Waals surface area contributed by atoms with Gasteiger partial charge in [-0.25, -0.2) is 4.68 Å². The number of hydrogen-bond acceptors (Lipinski definition) is 4. The second-order valence-electron chi connectivity index (χ2n) is 7.34. The van der Waals surface area contributed by atoms with Crippen molar-refractivity contribution in [3.8, 4) is 11.3 Å². The Morgan fingerprint density at radius 1 is 1.14 bits per heavy atom. The highest BCUT2D eigenvalue weighted by Crippen LogP contribution is 2.22. The maximum Gasteiger partial charge on any atom is 0.266 e. The molecule has 4 heterocycles. The molecule has 3 aromatic heterocycles. The summed E-state index contributed by atoms with van der Waals surface area (Å²) in [6.45, 7) is 1.73. The van der Waals surface area contributed by atoms with Crippen molar-refractivity contribution in [2.24, 2.45) is 5.92 Å².